The molecule has 2 aromatic carbocycles. The highest BCUT2D eigenvalue weighted by Gasteiger charge is 2.21. The fraction of sp³-hybridized carbons (Fsp3) is 0.296. The Morgan fingerprint density at radius 2 is 1.92 bits per heavy atom. The molecule has 0 atom stereocenters. The van der Waals surface area contributed by atoms with Crippen molar-refractivity contribution in [2.45, 2.75) is 33.6 Å². The second kappa shape index (κ2) is 10.6. The molecule has 1 N–H and O–H groups in total. The molecule has 188 valence electrons. The maximum atomic E-state index is 13.9. The van der Waals surface area contributed by atoms with Gasteiger partial charge in [0.05, 0.1) is 37.9 Å². The summed E-state index contributed by atoms with van der Waals surface area (Å²) in [6, 6.07) is 11.4. The number of aromatic nitrogens is 3. The van der Waals surface area contributed by atoms with Crippen molar-refractivity contribution in [3.63, 3.8) is 0 Å². The minimum Gasteiger partial charge on any atom is -0.497 e. The van der Waals surface area contributed by atoms with Gasteiger partial charge in [0, 0.05) is 23.4 Å². The number of methoxy groups -OCH3 is 2. The standard InChI is InChI=1S/C27H29FN4O4/c1-6-36-27-21(11-13-24(33)29-22-12-10-20(34-4)15-23(22)35-5)16(2)25-17(3)31-32(26(25)30-27)19-9-7-8-18(28)14-19/h7-10,12,14-15H,6,11,13H2,1-5H3,(H,29,33). The monoisotopic (exact) mass is 492 g/mol. The Kier molecular flexibility index (Phi) is 7.38. The third-order valence-corrected chi connectivity index (χ3v) is 5.95. The first-order chi connectivity index (χ1) is 17.4. The van der Waals surface area contributed by atoms with Crippen LogP contribution in [0, 0.1) is 19.7 Å². The lowest BCUT2D eigenvalue weighted by Crippen LogP contribution is -2.14. The van der Waals surface area contributed by atoms with E-state index >= 15 is 0 Å². The van der Waals surface area contributed by atoms with Crippen LogP contribution in [0.4, 0.5) is 10.1 Å². The van der Waals surface area contributed by atoms with Gasteiger partial charge in [-0.3, -0.25) is 4.79 Å². The third kappa shape index (κ3) is 4.95. The molecule has 0 unspecified atom stereocenters. The van der Waals surface area contributed by atoms with E-state index in [1.165, 1.54) is 19.2 Å². The van der Waals surface area contributed by atoms with Crippen LogP contribution in [-0.4, -0.2) is 41.5 Å². The third-order valence-electron chi connectivity index (χ3n) is 5.95. The highest BCUT2D eigenvalue weighted by Crippen LogP contribution is 2.33. The highest BCUT2D eigenvalue weighted by molar-refractivity contribution is 5.93. The first kappa shape index (κ1) is 25.0. The van der Waals surface area contributed by atoms with Crippen LogP contribution in [0.1, 0.15) is 30.2 Å². The molecule has 36 heavy (non-hydrogen) atoms. The highest BCUT2D eigenvalue weighted by atomic mass is 19.1. The predicted octanol–water partition coefficient (Wildman–Crippen LogP) is 5.16. The average Bonchev–Trinajstić information content (AvgIpc) is 3.20. The molecule has 0 saturated heterocycles. The quantitative estimate of drug-likeness (QED) is 0.347. The number of nitrogens with zero attached hydrogens (tertiary/aromatic N) is 3. The number of nitrogens with one attached hydrogen (secondary N) is 1. The van der Waals surface area contributed by atoms with Crippen LogP contribution in [0.5, 0.6) is 17.4 Å². The number of rotatable bonds is 9. The Labute approximate surface area is 209 Å². The molecule has 0 aliphatic heterocycles. The number of halogens is 1. The number of pyridine rings is 1. The van der Waals surface area contributed by atoms with Gasteiger partial charge in [-0.2, -0.15) is 10.1 Å². The number of fused-ring (bicyclic) bond motifs is 1. The van der Waals surface area contributed by atoms with Crippen LogP contribution in [0.2, 0.25) is 0 Å². The Morgan fingerprint density at radius 3 is 2.61 bits per heavy atom. The number of aryl methyl sites for hydroxylation is 2. The molecule has 8 nitrogen and oxygen atoms in total. The van der Waals surface area contributed by atoms with Gasteiger partial charge in [-0.1, -0.05) is 6.07 Å². The Balaban J connectivity index is 1.64. The largest absolute Gasteiger partial charge is 0.497 e. The number of amides is 1. The fourth-order valence-corrected chi connectivity index (χ4v) is 4.22. The van der Waals surface area contributed by atoms with Crippen molar-refractivity contribution in [1.82, 2.24) is 14.8 Å². The smallest absolute Gasteiger partial charge is 0.224 e. The van der Waals surface area contributed by atoms with E-state index in [4.69, 9.17) is 19.2 Å². The van der Waals surface area contributed by atoms with Gasteiger partial charge in [0.2, 0.25) is 11.8 Å². The Morgan fingerprint density at radius 1 is 1.11 bits per heavy atom. The fourth-order valence-electron chi connectivity index (χ4n) is 4.22. The minimum atomic E-state index is -0.355. The summed E-state index contributed by atoms with van der Waals surface area (Å²) in [6.45, 7) is 6.15. The number of hydrogen-bond acceptors (Lipinski definition) is 6. The SMILES string of the molecule is CCOc1nc2c(c(C)nn2-c2cccc(F)c2)c(C)c1CCC(=O)Nc1ccc(OC)cc1OC. The summed E-state index contributed by atoms with van der Waals surface area (Å²) in [5, 5.41) is 8.37. The lowest BCUT2D eigenvalue weighted by Gasteiger charge is -2.15. The summed E-state index contributed by atoms with van der Waals surface area (Å²) < 4.78 is 32.0. The van der Waals surface area contributed by atoms with Crippen LogP contribution in [0.25, 0.3) is 16.7 Å². The maximum absolute atomic E-state index is 13.9. The number of ether oxygens (including phenoxy) is 3. The van der Waals surface area contributed by atoms with Gasteiger partial charge in [-0.15, -0.1) is 0 Å². The predicted molar refractivity (Wildman–Crippen MR) is 136 cm³/mol. The van der Waals surface area contributed by atoms with E-state index in [0.717, 1.165) is 22.2 Å². The maximum Gasteiger partial charge on any atom is 0.224 e. The molecule has 4 rings (SSSR count). The molecule has 0 radical (unpaired) electrons. The van der Waals surface area contributed by atoms with E-state index in [1.807, 2.05) is 20.8 Å². The van der Waals surface area contributed by atoms with E-state index in [0.29, 0.717) is 47.4 Å². The molecular formula is C27H29FN4O4. The molecule has 0 saturated carbocycles. The van der Waals surface area contributed by atoms with Crippen molar-refractivity contribution >= 4 is 22.6 Å². The zero-order valence-electron chi connectivity index (χ0n) is 21.0. The number of hydrogen-bond donors (Lipinski definition) is 1. The van der Waals surface area contributed by atoms with Crippen LogP contribution in [0.3, 0.4) is 0 Å². The van der Waals surface area contributed by atoms with Crippen LogP contribution >= 0.6 is 0 Å². The first-order valence-electron chi connectivity index (χ1n) is 11.7. The second-order valence-corrected chi connectivity index (χ2v) is 8.24. The number of carbonyl (C=O) groups excluding carboxylic acids is 1. The molecule has 9 heteroatoms. The zero-order chi connectivity index (χ0) is 25.8. The summed E-state index contributed by atoms with van der Waals surface area (Å²) in [7, 11) is 3.11. The van der Waals surface area contributed by atoms with E-state index in [1.54, 1.807) is 42.1 Å². The van der Waals surface area contributed by atoms with Crippen LogP contribution in [-0.2, 0) is 11.2 Å². The molecule has 0 spiro atoms. The molecular weight excluding hydrogens is 463 g/mol. The molecule has 0 aliphatic rings. The lowest BCUT2D eigenvalue weighted by atomic mass is 10.0. The molecule has 2 heterocycles. The normalized spacial score (nSPS) is 10.9. The van der Waals surface area contributed by atoms with E-state index < -0.39 is 0 Å². The lowest BCUT2D eigenvalue weighted by molar-refractivity contribution is -0.116. The molecule has 2 aromatic heterocycles. The van der Waals surface area contributed by atoms with Gasteiger partial charge < -0.3 is 19.5 Å². The summed E-state index contributed by atoms with van der Waals surface area (Å²) in [5.74, 6) is 1.06. The molecule has 1 amide bonds. The van der Waals surface area contributed by atoms with E-state index in [-0.39, 0.29) is 18.1 Å². The summed E-state index contributed by atoms with van der Waals surface area (Å²) in [4.78, 5) is 17.6. The summed E-state index contributed by atoms with van der Waals surface area (Å²) in [6.07, 6.45) is 0.624. The van der Waals surface area contributed by atoms with Crippen LogP contribution in [0.15, 0.2) is 42.5 Å². The number of anilines is 1. The van der Waals surface area contributed by atoms with Crippen molar-refractivity contribution in [1.29, 1.82) is 0 Å². The first-order valence-corrected chi connectivity index (χ1v) is 11.7. The van der Waals surface area contributed by atoms with Gasteiger partial charge in [-0.05, 0) is 63.1 Å². The van der Waals surface area contributed by atoms with Crippen molar-refractivity contribution in [2.24, 2.45) is 0 Å². The van der Waals surface area contributed by atoms with Crippen LogP contribution < -0.4 is 19.5 Å². The van der Waals surface area contributed by atoms with Crippen molar-refractivity contribution in [2.75, 3.05) is 26.1 Å². The molecule has 4 aromatic rings. The minimum absolute atomic E-state index is 0.174. The van der Waals surface area contributed by atoms with Crippen molar-refractivity contribution in [3.8, 4) is 23.1 Å². The number of benzene rings is 2. The summed E-state index contributed by atoms with van der Waals surface area (Å²) >= 11 is 0. The zero-order valence-corrected chi connectivity index (χ0v) is 21.0. The van der Waals surface area contributed by atoms with Gasteiger partial charge in [0.25, 0.3) is 0 Å². The summed E-state index contributed by atoms with van der Waals surface area (Å²) in [5.41, 5.74) is 4.24. The average molecular weight is 493 g/mol. The second-order valence-electron chi connectivity index (χ2n) is 8.24. The molecule has 0 bridgehead atoms. The molecule has 0 aliphatic carbocycles. The van der Waals surface area contributed by atoms with Crippen molar-refractivity contribution in [3.05, 3.63) is 65.1 Å². The van der Waals surface area contributed by atoms with Crippen molar-refractivity contribution < 1.29 is 23.4 Å². The Hall–Kier alpha value is -4.14. The van der Waals surface area contributed by atoms with Gasteiger partial charge >= 0.3 is 0 Å². The Bertz CT molecular complexity index is 1420. The topological polar surface area (TPSA) is 87.5 Å². The van der Waals surface area contributed by atoms with E-state index in [2.05, 4.69) is 10.4 Å². The number of carbonyl (C=O) groups is 1. The van der Waals surface area contributed by atoms with E-state index in [9.17, 15) is 9.18 Å². The van der Waals surface area contributed by atoms with Gasteiger partial charge in [0.1, 0.15) is 17.3 Å². The molecule has 0 fully saturated rings. The van der Waals surface area contributed by atoms with Gasteiger partial charge in [-0.25, -0.2) is 9.07 Å². The van der Waals surface area contributed by atoms with Gasteiger partial charge in [0.15, 0.2) is 5.65 Å².